The first-order valence-corrected chi connectivity index (χ1v) is 8.81. The van der Waals surface area contributed by atoms with E-state index in [0.717, 1.165) is 0 Å². The lowest BCUT2D eigenvalue weighted by Gasteiger charge is -2.28. The largest absolute Gasteiger partial charge is 0.456 e. The Balaban J connectivity index is 1.64. The van der Waals surface area contributed by atoms with Crippen molar-refractivity contribution < 1.29 is 23.5 Å². The summed E-state index contributed by atoms with van der Waals surface area (Å²) in [5.74, 6) is -0.363. The number of carbonyl (C=O) groups excluding carboxylic acids is 2. The zero-order valence-corrected chi connectivity index (χ0v) is 15.4. The van der Waals surface area contributed by atoms with Crippen molar-refractivity contribution in [2.24, 2.45) is 0 Å². The monoisotopic (exact) mass is 404 g/mol. The van der Waals surface area contributed by atoms with Crippen molar-refractivity contribution in [1.82, 2.24) is 5.32 Å². The van der Waals surface area contributed by atoms with E-state index in [0.29, 0.717) is 35.4 Å². The topological polar surface area (TPSA) is 81.0 Å². The van der Waals surface area contributed by atoms with Crippen LogP contribution < -0.4 is 10.2 Å². The molecule has 9 heteroatoms. The maximum atomic E-state index is 12.9. The normalized spacial score (nSPS) is 19.8. The standard InChI is InChI=1S/C18H13ClN2O5S/c19-10-1-3-11(4-2-10)21-16(23)13(15(22)20-18(21)27)9-12-5-6-14(26-12)17-24-7-8-25-17/h1-6,9,17H,7-8H2,(H,20,22,27)/b13-9+. The van der Waals surface area contributed by atoms with Gasteiger partial charge in [-0.25, -0.2) is 0 Å². The zero-order chi connectivity index (χ0) is 19.0. The highest BCUT2D eigenvalue weighted by molar-refractivity contribution is 7.80. The number of thiocarbonyl (C=S) groups is 1. The van der Waals surface area contributed by atoms with E-state index in [9.17, 15) is 9.59 Å². The number of amides is 2. The molecule has 0 aliphatic carbocycles. The minimum atomic E-state index is -0.596. The number of hydrogen-bond acceptors (Lipinski definition) is 6. The highest BCUT2D eigenvalue weighted by Gasteiger charge is 2.35. The third-order valence-corrected chi connectivity index (χ3v) is 4.51. The summed E-state index contributed by atoms with van der Waals surface area (Å²) < 4.78 is 16.4. The first-order chi connectivity index (χ1) is 13.0. The summed E-state index contributed by atoms with van der Waals surface area (Å²) in [5.41, 5.74) is 0.390. The Bertz CT molecular complexity index is 947. The molecule has 7 nitrogen and oxygen atoms in total. The number of nitrogens with zero attached hydrogens (tertiary/aromatic N) is 1. The Morgan fingerprint density at radius 1 is 1.11 bits per heavy atom. The Hall–Kier alpha value is -2.52. The highest BCUT2D eigenvalue weighted by atomic mass is 35.5. The number of nitrogens with one attached hydrogen (secondary N) is 1. The van der Waals surface area contributed by atoms with Crippen LogP contribution in [0.2, 0.25) is 5.02 Å². The van der Waals surface area contributed by atoms with Crippen molar-refractivity contribution in [1.29, 1.82) is 0 Å². The van der Waals surface area contributed by atoms with Crippen LogP contribution in [0.4, 0.5) is 5.69 Å². The summed E-state index contributed by atoms with van der Waals surface area (Å²) in [4.78, 5) is 26.4. The molecule has 2 amide bonds. The van der Waals surface area contributed by atoms with E-state index < -0.39 is 18.1 Å². The van der Waals surface area contributed by atoms with E-state index in [4.69, 9.17) is 37.7 Å². The molecule has 0 bridgehead atoms. The summed E-state index contributed by atoms with van der Waals surface area (Å²) >= 11 is 11.0. The fourth-order valence-electron chi connectivity index (χ4n) is 2.72. The average molecular weight is 405 g/mol. The maximum Gasteiger partial charge on any atom is 0.270 e. The predicted octanol–water partition coefficient (Wildman–Crippen LogP) is 2.81. The molecule has 2 aromatic rings. The van der Waals surface area contributed by atoms with Crippen LogP contribution in [0.1, 0.15) is 17.8 Å². The van der Waals surface area contributed by atoms with E-state index in [1.54, 1.807) is 36.4 Å². The molecule has 0 atom stereocenters. The molecule has 0 unspecified atom stereocenters. The van der Waals surface area contributed by atoms with Crippen molar-refractivity contribution in [3.63, 3.8) is 0 Å². The Labute approximate surface area is 164 Å². The van der Waals surface area contributed by atoms with E-state index in [1.807, 2.05) is 0 Å². The fourth-order valence-corrected chi connectivity index (χ4v) is 3.13. The van der Waals surface area contributed by atoms with Gasteiger partial charge in [-0.15, -0.1) is 0 Å². The molecule has 0 radical (unpaired) electrons. The molecule has 138 valence electrons. The van der Waals surface area contributed by atoms with Gasteiger partial charge in [0.05, 0.1) is 18.9 Å². The maximum absolute atomic E-state index is 12.9. The summed E-state index contributed by atoms with van der Waals surface area (Å²) in [6.07, 6.45) is 0.784. The van der Waals surface area contributed by atoms with Gasteiger partial charge in [-0.2, -0.15) is 0 Å². The molecule has 1 N–H and O–H groups in total. The number of rotatable bonds is 3. The molecule has 27 heavy (non-hydrogen) atoms. The van der Waals surface area contributed by atoms with Crippen LogP contribution in [0.15, 0.2) is 46.4 Å². The lowest BCUT2D eigenvalue weighted by Crippen LogP contribution is -2.54. The van der Waals surface area contributed by atoms with Crippen molar-refractivity contribution in [3.8, 4) is 0 Å². The second-order valence-electron chi connectivity index (χ2n) is 5.75. The lowest BCUT2D eigenvalue weighted by atomic mass is 10.1. The van der Waals surface area contributed by atoms with Gasteiger partial charge in [0.25, 0.3) is 11.8 Å². The number of furan rings is 1. The van der Waals surface area contributed by atoms with Crippen LogP contribution in [0, 0.1) is 0 Å². The minimum absolute atomic E-state index is 0.00244. The van der Waals surface area contributed by atoms with Gasteiger partial charge in [0.2, 0.25) is 6.29 Å². The molecular weight excluding hydrogens is 392 g/mol. The Morgan fingerprint density at radius 2 is 1.81 bits per heavy atom. The Morgan fingerprint density at radius 3 is 2.52 bits per heavy atom. The summed E-state index contributed by atoms with van der Waals surface area (Å²) in [7, 11) is 0. The molecule has 1 aromatic carbocycles. The van der Waals surface area contributed by atoms with Gasteiger partial charge < -0.3 is 13.9 Å². The summed E-state index contributed by atoms with van der Waals surface area (Å²) in [5, 5.41) is 3.03. The molecule has 2 fully saturated rings. The number of halogens is 1. The molecule has 0 spiro atoms. The molecular formula is C18H13ClN2O5S. The number of ether oxygens (including phenoxy) is 2. The quantitative estimate of drug-likeness (QED) is 0.481. The fraction of sp³-hybridized carbons (Fsp3) is 0.167. The smallest absolute Gasteiger partial charge is 0.270 e. The predicted molar refractivity (Wildman–Crippen MR) is 101 cm³/mol. The van der Waals surface area contributed by atoms with Gasteiger partial charge in [-0.3, -0.25) is 19.8 Å². The summed E-state index contributed by atoms with van der Waals surface area (Å²) in [6.45, 7) is 0.965. The van der Waals surface area contributed by atoms with E-state index in [1.165, 1.54) is 11.0 Å². The van der Waals surface area contributed by atoms with Crippen molar-refractivity contribution >= 4 is 52.5 Å². The minimum Gasteiger partial charge on any atom is -0.456 e. The van der Waals surface area contributed by atoms with Crippen LogP contribution in [-0.2, 0) is 19.1 Å². The molecule has 1 aromatic heterocycles. The van der Waals surface area contributed by atoms with E-state index in [2.05, 4.69) is 5.32 Å². The lowest BCUT2D eigenvalue weighted by molar-refractivity contribution is -0.122. The van der Waals surface area contributed by atoms with Crippen molar-refractivity contribution in [2.75, 3.05) is 18.1 Å². The van der Waals surface area contributed by atoms with Gasteiger partial charge in [0, 0.05) is 5.02 Å². The average Bonchev–Trinajstić information content (AvgIpc) is 3.31. The molecule has 2 aliphatic rings. The second kappa shape index (κ2) is 7.24. The van der Waals surface area contributed by atoms with Crippen LogP contribution in [0.25, 0.3) is 6.08 Å². The van der Waals surface area contributed by atoms with Crippen molar-refractivity contribution in [3.05, 3.63) is 58.5 Å². The van der Waals surface area contributed by atoms with Crippen LogP contribution in [0.5, 0.6) is 0 Å². The van der Waals surface area contributed by atoms with Crippen LogP contribution >= 0.6 is 23.8 Å². The molecule has 3 heterocycles. The molecule has 0 saturated carbocycles. The molecule has 4 rings (SSSR count). The first kappa shape index (κ1) is 17.9. The first-order valence-electron chi connectivity index (χ1n) is 8.03. The second-order valence-corrected chi connectivity index (χ2v) is 6.57. The van der Waals surface area contributed by atoms with E-state index >= 15 is 0 Å². The van der Waals surface area contributed by atoms with Gasteiger partial charge >= 0.3 is 0 Å². The van der Waals surface area contributed by atoms with Gasteiger partial charge in [0.15, 0.2) is 10.9 Å². The van der Waals surface area contributed by atoms with Crippen LogP contribution in [0.3, 0.4) is 0 Å². The van der Waals surface area contributed by atoms with E-state index in [-0.39, 0.29) is 10.7 Å². The van der Waals surface area contributed by atoms with Crippen LogP contribution in [-0.4, -0.2) is 30.1 Å². The van der Waals surface area contributed by atoms with Gasteiger partial charge in [-0.1, -0.05) is 11.6 Å². The number of benzene rings is 1. The SMILES string of the molecule is O=C1NC(=S)N(c2ccc(Cl)cc2)C(=O)/C1=C/c1ccc(C2OCCO2)o1. The number of anilines is 1. The van der Waals surface area contributed by atoms with Gasteiger partial charge in [0.1, 0.15) is 11.3 Å². The number of hydrogen-bond donors (Lipinski definition) is 1. The highest BCUT2D eigenvalue weighted by Crippen LogP contribution is 2.27. The Kier molecular flexibility index (Phi) is 4.79. The summed E-state index contributed by atoms with van der Waals surface area (Å²) in [6, 6.07) is 9.85. The number of carbonyl (C=O) groups is 2. The molecule has 2 aliphatic heterocycles. The third kappa shape index (κ3) is 3.52. The molecule has 2 saturated heterocycles. The van der Waals surface area contributed by atoms with Crippen molar-refractivity contribution in [2.45, 2.75) is 6.29 Å². The third-order valence-electron chi connectivity index (χ3n) is 3.97. The zero-order valence-electron chi connectivity index (χ0n) is 13.8. The van der Waals surface area contributed by atoms with Gasteiger partial charge in [-0.05, 0) is 54.7 Å².